The van der Waals surface area contributed by atoms with Crippen LogP contribution in [0, 0.1) is 5.92 Å². The molecule has 1 fully saturated rings. The quantitative estimate of drug-likeness (QED) is 0.403. The van der Waals surface area contributed by atoms with Crippen LogP contribution in [0.3, 0.4) is 0 Å². The minimum atomic E-state index is 0.455. The van der Waals surface area contributed by atoms with Gasteiger partial charge in [0, 0.05) is 0 Å². The molecule has 0 aromatic heterocycles. The van der Waals surface area contributed by atoms with E-state index in [0.717, 1.165) is 18.8 Å². The zero-order valence-electron chi connectivity index (χ0n) is 11.8. The van der Waals surface area contributed by atoms with Gasteiger partial charge in [0.2, 0.25) is 0 Å². The highest BCUT2D eigenvalue weighted by atomic mass is 16.5. The van der Waals surface area contributed by atoms with Gasteiger partial charge in [0.25, 0.3) is 0 Å². The van der Waals surface area contributed by atoms with Crippen LogP contribution >= 0.6 is 0 Å². The van der Waals surface area contributed by atoms with Gasteiger partial charge >= 0.3 is 0 Å². The Kier molecular flexibility index (Phi) is 8.21. The Morgan fingerprint density at radius 1 is 1.18 bits per heavy atom. The van der Waals surface area contributed by atoms with Crippen molar-refractivity contribution in [2.45, 2.75) is 84.2 Å². The highest BCUT2D eigenvalue weighted by Gasteiger charge is 2.18. The molecule has 0 saturated heterocycles. The fourth-order valence-corrected chi connectivity index (χ4v) is 2.67. The minimum absolute atomic E-state index is 0.455. The summed E-state index contributed by atoms with van der Waals surface area (Å²) in [5.74, 6) is 0.928. The summed E-state index contributed by atoms with van der Waals surface area (Å²) in [6.45, 7) is 4.47. The molecule has 0 bridgehead atoms. The summed E-state index contributed by atoms with van der Waals surface area (Å²) in [4.78, 5) is 0. The van der Waals surface area contributed by atoms with Crippen LogP contribution in [0.25, 0.3) is 0 Å². The van der Waals surface area contributed by atoms with Gasteiger partial charge in [0.15, 0.2) is 0 Å². The molecule has 0 aliphatic heterocycles. The van der Waals surface area contributed by atoms with Gasteiger partial charge in [-0.15, -0.1) is 0 Å². The first-order valence-corrected chi connectivity index (χ1v) is 7.67. The molecule has 1 heteroatoms. The maximum atomic E-state index is 5.86. The summed E-state index contributed by atoms with van der Waals surface area (Å²) in [6, 6.07) is 0. The van der Waals surface area contributed by atoms with Gasteiger partial charge < -0.3 is 4.74 Å². The standard InChI is InChI=1S/C16H30O/c1-3-5-6-10-13-17-16(4-2)14-15-11-8-7-9-12-15/h10,13,15-16H,3-9,11-12,14H2,1-2H3. The molecule has 0 heterocycles. The van der Waals surface area contributed by atoms with E-state index < -0.39 is 0 Å². The van der Waals surface area contributed by atoms with Crippen molar-refractivity contribution in [3.05, 3.63) is 12.3 Å². The lowest BCUT2D eigenvalue weighted by Gasteiger charge is -2.25. The first kappa shape index (κ1) is 14.6. The molecular formula is C16H30O. The van der Waals surface area contributed by atoms with Crippen molar-refractivity contribution in [1.82, 2.24) is 0 Å². The Morgan fingerprint density at radius 2 is 1.94 bits per heavy atom. The Morgan fingerprint density at radius 3 is 2.59 bits per heavy atom. The molecule has 0 aromatic rings. The van der Waals surface area contributed by atoms with Crippen molar-refractivity contribution >= 4 is 0 Å². The van der Waals surface area contributed by atoms with Gasteiger partial charge in [0.05, 0.1) is 12.4 Å². The Hall–Kier alpha value is -0.460. The normalized spacial score (nSPS) is 19.6. The molecule has 0 N–H and O–H groups in total. The van der Waals surface area contributed by atoms with Crippen molar-refractivity contribution in [1.29, 1.82) is 0 Å². The first-order valence-electron chi connectivity index (χ1n) is 7.67. The molecule has 1 aliphatic rings. The number of rotatable bonds is 8. The van der Waals surface area contributed by atoms with Gasteiger partial charge in [-0.3, -0.25) is 0 Å². The van der Waals surface area contributed by atoms with Crippen molar-refractivity contribution < 1.29 is 4.74 Å². The molecule has 0 spiro atoms. The average molecular weight is 238 g/mol. The first-order chi connectivity index (χ1) is 8.36. The summed E-state index contributed by atoms with van der Waals surface area (Å²) < 4.78 is 5.86. The SMILES string of the molecule is CCCCC=COC(CC)CC1CCCCC1. The monoisotopic (exact) mass is 238 g/mol. The Bertz CT molecular complexity index is 192. The zero-order valence-corrected chi connectivity index (χ0v) is 11.8. The van der Waals surface area contributed by atoms with Crippen LogP contribution in [0.4, 0.5) is 0 Å². The largest absolute Gasteiger partial charge is 0.498 e. The van der Waals surface area contributed by atoms with Crippen LogP contribution in [0.1, 0.15) is 78.1 Å². The van der Waals surface area contributed by atoms with E-state index in [4.69, 9.17) is 4.74 Å². The lowest BCUT2D eigenvalue weighted by atomic mass is 9.85. The number of ether oxygens (including phenoxy) is 1. The van der Waals surface area contributed by atoms with E-state index >= 15 is 0 Å². The summed E-state index contributed by atoms with van der Waals surface area (Å²) in [6.07, 6.45) is 17.9. The molecule has 17 heavy (non-hydrogen) atoms. The van der Waals surface area contributed by atoms with Gasteiger partial charge in [0.1, 0.15) is 0 Å². The second-order valence-electron chi connectivity index (χ2n) is 5.42. The smallest absolute Gasteiger partial charge is 0.0978 e. The Labute approximate surface area is 108 Å². The van der Waals surface area contributed by atoms with E-state index in [2.05, 4.69) is 19.9 Å². The molecule has 1 nitrogen and oxygen atoms in total. The maximum Gasteiger partial charge on any atom is 0.0978 e. The highest BCUT2D eigenvalue weighted by Crippen LogP contribution is 2.28. The fourth-order valence-electron chi connectivity index (χ4n) is 2.67. The number of allylic oxidation sites excluding steroid dienone is 1. The topological polar surface area (TPSA) is 9.23 Å². The molecule has 0 radical (unpaired) electrons. The predicted octanol–water partition coefficient (Wildman–Crippen LogP) is 5.46. The zero-order chi connectivity index (χ0) is 12.3. The van der Waals surface area contributed by atoms with E-state index in [1.807, 2.05) is 6.26 Å². The molecule has 1 saturated carbocycles. The molecule has 1 aliphatic carbocycles. The summed E-state index contributed by atoms with van der Waals surface area (Å²) in [5, 5.41) is 0. The summed E-state index contributed by atoms with van der Waals surface area (Å²) >= 11 is 0. The molecule has 0 aromatic carbocycles. The average Bonchev–Trinajstić information content (AvgIpc) is 2.38. The van der Waals surface area contributed by atoms with Crippen molar-refractivity contribution in [2.24, 2.45) is 5.92 Å². The third-order valence-corrected chi connectivity index (χ3v) is 3.87. The van der Waals surface area contributed by atoms with Crippen molar-refractivity contribution in [3.63, 3.8) is 0 Å². The molecular weight excluding hydrogens is 208 g/mol. The number of unbranched alkanes of at least 4 members (excludes halogenated alkanes) is 2. The molecule has 1 rings (SSSR count). The van der Waals surface area contributed by atoms with Crippen LogP contribution in [-0.4, -0.2) is 6.10 Å². The van der Waals surface area contributed by atoms with Gasteiger partial charge in [-0.2, -0.15) is 0 Å². The van der Waals surface area contributed by atoms with Crippen LogP contribution in [-0.2, 0) is 4.74 Å². The lowest BCUT2D eigenvalue weighted by Crippen LogP contribution is -2.17. The van der Waals surface area contributed by atoms with E-state index in [1.54, 1.807) is 0 Å². The van der Waals surface area contributed by atoms with Crippen LogP contribution in [0.15, 0.2) is 12.3 Å². The number of hydrogen-bond donors (Lipinski definition) is 0. The maximum absolute atomic E-state index is 5.86. The van der Waals surface area contributed by atoms with E-state index in [-0.39, 0.29) is 0 Å². The molecule has 0 amide bonds. The third-order valence-electron chi connectivity index (χ3n) is 3.87. The summed E-state index contributed by atoms with van der Waals surface area (Å²) in [5.41, 5.74) is 0. The van der Waals surface area contributed by atoms with E-state index in [9.17, 15) is 0 Å². The second-order valence-corrected chi connectivity index (χ2v) is 5.42. The van der Waals surface area contributed by atoms with Crippen LogP contribution < -0.4 is 0 Å². The highest BCUT2D eigenvalue weighted by molar-refractivity contribution is 4.76. The van der Waals surface area contributed by atoms with Crippen molar-refractivity contribution in [3.8, 4) is 0 Å². The fraction of sp³-hybridized carbons (Fsp3) is 0.875. The number of hydrogen-bond acceptors (Lipinski definition) is 1. The second kappa shape index (κ2) is 9.56. The van der Waals surface area contributed by atoms with Crippen LogP contribution in [0.5, 0.6) is 0 Å². The molecule has 1 unspecified atom stereocenters. The van der Waals surface area contributed by atoms with Crippen LogP contribution in [0.2, 0.25) is 0 Å². The van der Waals surface area contributed by atoms with E-state index in [1.165, 1.54) is 51.4 Å². The van der Waals surface area contributed by atoms with Gasteiger partial charge in [-0.05, 0) is 37.7 Å². The third kappa shape index (κ3) is 6.75. The predicted molar refractivity (Wildman–Crippen MR) is 75.0 cm³/mol. The summed E-state index contributed by atoms with van der Waals surface area (Å²) in [7, 11) is 0. The Balaban J connectivity index is 2.15. The van der Waals surface area contributed by atoms with E-state index in [0.29, 0.717) is 6.10 Å². The van der Waals surface area contributed by atoms with Gasteiger partial charge in [-0.1, -0.05) is 52.4 Å². The molecule has 1 atom stereocenters. The lowest BCUT2D eigenvalue weighted by molar-refractivity contribution is 0.104. The molecule has 100 valence electrons. The minimum Gasteiger partial charge on any atom is -0.498 e. The van der Waals surface area contributed by atoms with Crippen molar-refractivity contribution in [2.75, 3.05) is 0 Å². The van der Waals surface area contributed by atoms with Gasteiger partial charge in [-0.25, -0.2) is 0 Å².